The zero-order chi connectivity index (χ0) is 19.4. The maximum absolute atomic E-state index is 14.1. The molecule has 4 bridgehead atoms. The van der Waals surface area contributed by atoms with Gasteiger partial charge in [-0.05, 0) is 74.0 Å². The Kier molecular flexibility index (Phi) is 4.11. The van der Waals surface area contributed by atoms with Crippen LogP contribution in [-0.2, 0) is 0 Å². The van der Waals surface area contributed by atoms with Crippen LogP contribution in [0.2, 0.25) is 0 Å². The Hall–Kier alpha value is -2.50. The van der Waals surface area contributed by atoms with Crippen molar-refractivity contribution in [1.82, 2.24) is 14.7 Å². The maximum Gasteiger partial charge on any atom is 0.274 e. The predicted molar refractivity (Wildman–Crippen MR) is 103 cm³/mol. The molecule has 1 heterocycles. The molecule has 28 heavy (non-hydrogen) atoms. The topological polar surface area (TPSA) is 55.2 Å². The zero-order valence-electron chi connectivity index (χ0n) is 15.9. The van der Waals surface area contributed by atoms with Crippen molar-refractivity contribution in [2.24, 2.45) is 23.7 Å². The Labute approximate surface area is 163 Å². The summed E-state index contributed by atoms with van der Waals surface area (Å²) >= 11 is 0. The van der Waals surface area contributed by atoms with E-state index in [1.165, 1.54) is 56.4 Å². The zero-order valence-corrected chi connectivity index (χ0v) is 15.9. The molecule has 0 spiro atoms. The van der Waals surface area contributed by atoms with E-state index in [2.05, 4.69) is 5.10 Å². The first-order valence-electron chi connectivity index (χ1n) is 10.1. The molecule has 0 saturated heterocycles. The molecule has 6 rings (SSSR count). The highest BCUT2D eigenvalue weighted by atomic mass is 19.1. The number of nitrogens with zero attached hydrogens (tertiary/aromatic N) is 3. The highest BCUT2D eigenvalue weighted by molar-refractivity contribution is 5.92. The summed E-state index contributed by atoms with van der Waals surface area (Å²) in [6.45, 7) is 0. The van der Waals surface area contributed by atoms with Gasteiger partial charge in [0.05, 0.1) is 0 Å². The molecule has 1 amide bonds. The minimum Gasteiger partial charge on any atom is -0.337 e. The molecule has 0 radical (unpaired) electrons. The Morgan fingerprint density at radius 2 is 1.68 bits per heavy atom. The molecule has 5 nitrogen and oxygen atoms in total. The normalized spacial score (nSPS) is 30.4. The molecular weight excluding hydrogens is 357 g/mol. The van der Waals surface area contributed by atoms with Crippen molar-refractivity contribution >= 4 is 5.91 Å². The molecule has 1 aromatic heterocycles. The lowest BCUT2D eigenvalue weighted by Crippen LogP contribution is -2.56. The van der Waals surface area contributed by atoms with Crippen LogP contribution >= 0.6 is 0 Å². The van der Waals surface area contributed by atoms with Crippen LogP contribution in [-0.4, -0.2) is 33.7 Å². The Morgan fingerprint density at radius 1 is 1.04 bits per heavy atom. The second kappa shape index (κ2) is 6.54. The van der Waals surface area contributed by atoms with Crippen LogP contribution in [0.4, 0.5) is 4.39 Å². The van der Waals surface area contributed by atoms with Gasteiger partial charge in [0.15, 0.2) is 0 Å². The van der Waals surface area contributed by atoms with Crippen LogP contribution in [0.3, 0.4) is 0 Å². The second-order valence-electron chi connectivity index (χ2n) is 8.76. The van der Waals surface area contributed by atoms with Crippen LogP contribution in [0.5, 0.6) is 0 Å². The number of halogens is 1. The van der Waals surface area contributed by atoms with Gasteiger partial charge in [0, 0.05) is 19.2 Å². The van der Waals surface area contributed by atoms with E-state index in [0.29, 0.717) is 11.8 Å². The maximum atomic E-state index is 14.1. The quantitative estimate of drug-likeness (QED) is 0.820. The van der Waals surface area contributed by atoms with Gasteiger partial charge in [0.1, 0.15) is 17.2 Å². The van der Waals surface area contributed by atoms with Crippen LogP contribution in [0, 0.1) is 29.5 Å². The van der Waals surface area contributed by atoms with Crippen molar-refractivity contribution in [3.05, 3.63) is 58.3 Å². The minimum absolute atomic E-state index is 0.0550. The fraction of sp³-hybridized carbons (Fsp3) is 0.500. The van der Waals surface area contributed by atoms with Gasteiger partial charge in [-0.25, -0.2) is 4.39 Å². The van der Waals surface area contributed by atoms with E-state index < -0.39 is 11.4 Å². The summed E-state index contributed by atoms with van der Waals surface area (Å²) in [5.74, 6) is 2.08. The van der Waals surface area contributed by atoms with Gasteiger partial charge in [-0.3, -0.25) is 9.59 Å². The molecule has 2 aromatic rings. The summed E-state index contributed by atoms with van der Waals surface area (Å²) in [4.78, 5) is 27.3. The third-order valence-electron chi connectivity index (χ3n) is 7.04. The summed E-state index contributed by atoms with van der Waals surface area (Å²) in [5, 5.41) is 4.21. The number of benzene rings is 1. The average molecular weight is 381 g/mol. The van der Waals surface area contributed by atoms with E-state index in [1.807, 2.05) is 11.9 Å². The second-order valence-corrected chi connectivity index (χ2v) is 8.76. The summed E-state index contributed by atoms with van der Waals surface area (Å²) in [6.07, 6.45) is 6.25. The highest BCUT2D eigenvalue weighted by Gasteiger charge is 2.50. The SMILES string of the molecule is CN(C(=O)c1ccc(=O)n(-c2ccccc2F)n1)C1C2CC3CC(C2)CC1C3. The number of hydrogen-bond acceptors (Lipinski definition) is 3. The van der Waals surface area contributed by atoms with Crippen molar-refractivity contribution < 1.29 is 9.18 Å². The summed E-state index contributed by atoms with van der Waals surface area (Å²) in [6, 6.07) is 8.95. The molecule has 0 aliphatic heterocycles. The molecular formula is C22H24FN3O2. The van der Waals surface area contributed by atoms with Gasteiger partial charge in [-0.2, -0.15) is 9.78 Å². The molecule has 4 aliphatic rings. The fourth-order valence-electron chi connectivity index (χ4n) is 6.17. The van der Waals surface area contributed by atoms with E-state index in [4.69, 9.17) is 0 Å². The summed E-state index contributed by atoms with van der Waals surface area (Å²) in [5.41, 5.74) is -0.225. The third-order valence-corrected chi connectivity index (χ3v) is 7.04. The van der Waals surface area contributed by atoms with E-state index in [1.54, 1.807) is 12.1 Å². The molecule has 0 unspecified atom stereocenters. The van der Waals surface area contributed by atoms with Gasteiger partial charge in [-0.1, -0.05) is 12.1 Å². The van der Waals surface area contributed by atoms with Crippen molar-refractivity contribution in [2.75, 3.05) is 7.05 Å². The molecule has 146 valence electrons. The molecule has 0 atom stereocenters. The summed E-state index contributed by atoms with van der Waals surface area (Å²) < 4.78 is 15.1. The van der Waals surface area contributed by atoms with Gasteiger partial charge < -0.3 is 4.90 Å². The fourth-order valence-corrected chi connectivity index (χ4v) is 6.17. The van der Waals surface area contributed by atoms with Crippen LogP contribution in [0.15, 0.2) is 41.2 Å². The molecule has 4 fully saturated rings. The number of hydrogen-bond donors (Lipinski definition) is 0. The van der Waals surface area contributed by atoms with Gasteiger partial charge in [0.2, 0.25) is 0 Å². The molecule has 4 aliphatic carbocycles. The van der Waals surface area contributed by atoms with Crippen LogP contribution in [0.25, 0.3) is 5.69 Å². The van der Waals surface area contributed by atoms with Crippen molar-refractivity contribution in [3.8, 4) is 5.69 Å². The Morgan fingerprint density at radius 3 is 2.32 bits per heavy atom. The van der Waals surface area contributed by atoms with E-state index in [-0.39, 0.29) is 23.3 Å². The van der Waals surface area contributed by atoms with E-state index in [9.17, 15) is 14.0 Å². The predicted octanol–water partition coefficient (Wildman–Crippen LogP) is 3.27. The van der Waals surface area contributed by atoms with E-state index >= 15 is 0 Å². The number of para-hydroxylation sites is 1. The van der Waals surface area contributed by atoms with Crippen LogP contribution in [0.1, 0.15) is 42.6 Å². The third kappa shape index (κ3) is 2.77. The molecule has 6 heteroatoms. The lowest BCUT2D eigenvalue weighted by atomic mass is 9.54. The summed E-state index contributed by atoms with van der Waals surface area (Å²) in [7, 11) is 1.86. The van der Waals surface area contributed by atoms with Gasteiger partial charge in [0.25, 0.3) is 11.5 Å². The van der Waals surface area contributed by atoms with Crippen molar-refractivity contribution in [2.45, 2.75) is 38.1 Å². The first-order chi connectivity index (χ1) is 13.5. The smallest absolute Gasteiger partial charge is 0.274 e. The molecule has 4 saturated carbocycles. The molecule has 1 aromatic carbocycles. The molecule has 0 N–H and O–H groups in total. The van der Waals surface area contributed by atoms with Gasteiger partial charge in [-0.15, -0.1) is 0 Å². The first kappa shape index (κ1) is 17.6. The highest BCUT2D eigenvalue weighted by Crippen LogP contribution is 2.55. The number of amides is 1. The van der Waals surface area contributed by atoms with Crippen molar-refractivity contribution in [1.29, 1.82) is 0 Å². The Balaban J connectivity index is 1.45. The van der Waals surface area contributed by atoms with Crippen molar-refractivity contribution in [3.63, 3.8) is 0 Å². The lowest BCUT2D eigenvalue weighted by Gasteiger charge is -2.56. The average Bonchev–Trinajstić information content (AvgIpc) is 2.67. The largest absolute Gasteiger partial charge is 0.337 e. The minimum atomic E-state index is -0.545. The standard InChI is InChI=1S/C22H24FN3O2/c1-25(21-15-9-13-8-14(11-15)12-16(21)10-13)22(28)18-6-7-20(27)26(24-18)19-5-3-2-4-17(19)23/h2-7,13-16,21H,8-12H2,1H3. The number of carbonyl (C=O) groups is 1. The van der Waals surface area contributed by atoms with Crippen LogP contribution < -0.4 is 5.56 Å². The monoisotopic (exact) mass is 381 g/mol. The van der Waals surface area contributed by atoms with Gasteiger partial charge >= 0.3 is 0 Å². The van der Waals surface area contributed by atoms with E-state index in [0.717, 1.165) is 16.5 Å². The number of carbonyl (C=O) groups excluding carboxylic acids is 1. The number of aromatic nitrogens is 2. The first-order valence-corrected chi connectivity index (χ1v) is 10.1. The lowest BCUT2D eigenvalue weighted by molar-refractivity contribution is -0.0492. The Bertz CT molecular complexity index is 958. The number of rotatable bonds is 3.